The van der Waals surface area contributed by atoms with Gasteiger partial charge in [0.1, 0.15) is 5.41 Å². The van der Waals surface area contributed by atoms with Crippen LogP contribution in [0.4, 0.5) is 0 Å². The third-order valence-electron chi connectivity index (χ3n) is 6.77. The van der Waals surface area contributed by atoms with Crippen molar-refractivity contribution in [1.82, 2.24) is 4.90 Å². The van der Waals surface area contributed by atoms with Gasteiger partial charge in [0.15, 0.2) is 0 Å². The number of aliphatic carboxylic acids is 1. The van der Waals surface area contributed by atoms with Gasteiger partial charge in [-0.05, 0) is 69.7 Å². The number of rotatable bonds is 5. The molecule has 3 saturated heterocycles. The number of carbonyl (C=O) groups is 1. The van der Waals surface area contributed by atoms with E-state index in [0.29, 0.717) is 12.5 Å². The molecule has 0 aromatic heterocycles. The number of fused-ring (bicyclic) bond motifs is 3. The molecule has 0 aliphatic carbocycles. The molecular formula is C24H30ClNO2. The highest BCUT2D eigenvalue weighted by molar-refractivity contribution is 5.86. The second-order valence-electron chi connectivity index (χ2n) is 8.52. The van der Waals surface area contributed by atoms with Gasteiger partial charge in [0.25, 0.3) is 0 Å². The molecule has 3 aliphatic heterocycles. The molecule has 5 rings (SSSR count). The summed E-state index contributed by atoms with van der Waals surface area (Å²) < 4.78 is 0. The quantitative estimate of drug-likeness (QED) is 0.771. The average molecular weight is 400 g/mol. The van der Waals surface area contributed by atoms with E-state index in [4.69, 9.17) is 0 Å². The molecule has 0 amide bonds. The van der Waals surface area contributed by atoms with Gasteiger partial charge in [-0.3, -0.25) is 4.79 Å². The summed E-state index contributed by atoms with van der Waals surface area (Å²) in [5.41, 5.74) is 3.10. The van der Waals surface area contributed by atoms with Crippen LogP contribution >= 0.6 is 12.4 Å². The Bertz CT molecular complexity index is 762. The number of aryl methyl sites for hydroxylation is 2. The van der Waals surface area contributed by atoms with Gasteiger partial charge in [-0.2, -0.15) is 0 Å². The minimum atomic E-state index is -0.996. The van der Waals surface area contributed by atoms with Gasteiger partial charge in [0.2, 0.25) is 0 Å². The lowest BCUT2D eigenvalue weighted by Crippen LogP contribution is -2.53. The molecule has 1 unspecified atom stereocenters. The van der Waals surface area contributed by atoms with E-state index in [1.54, 1.807) is 0 Å². The van der Waals surface area contributed by atoms with E-state index < -0.39 is 11.4 Å². The smallest absolute Gasteiger partial charge is 0.318 e. The highest BCUT2D eigenvalue weighted by atomic mass is 35.5. The molecule has 3 aliphatic rings. The summed E-state index contributed by atoms with van der Waals surface area (Å²) in [6.07, 6.45) is 4.31. The number of piperidine rings is 3. The Hall–Kier alpha value is -1.84. The van der Waals surface area contributed by atoms with Gasteiger partial charge < -0.3 is 10.0 Å². The van der Waals surface area contributed by atoms with E-state index in [1.165, 1.54) is 12.8 Å². The van der Waals surface area contributed by atoms with E-state index >= 15 is 0 Å². The first-order valence-electron chi connectivity index (χ1n) is 10.1. The number of nitrogens with zero attached hydrogens (tertiary/aromatic N) is 1. The Morgan fingerprint density at radius 2 is 1.43 bits per heavy atom. The van der Waals surface area contributed by atoms with Crippen molar-refractivity contribution in [2.24, 2.45) is 5.92 Å². The predicted octanol–water partition coefficient (Wildman–Crippen LogP) is 4.97. The topological polar surface area (TPSA) is 40.5 Å². The summed E-state index contributed by atoms with van der Waals surface area (Å²) in [6.45, 7) is 6.33. The first kappa shape index (κ1) is 20.9. The molecule has 2 aromatic rings. The fourth-order valence-electron chi connectivity index (χ4n) is 5.07. The lowest BCUT2D eigenvalue weighted by atomic mass is 9.67. The number of carboxylic acids is 1. The molecule has 3 fully saturated rings. The van der Waals surface area contributed by atoms with Crippen molar-refractivity contribution in [2.75, 3.05) is 13.1 Å². The standard InChI is InChI=1S/C24H29NO2.ClH/c1-17-3-7-20(8-4-17)24(23(26)27,21-9-5-18(2)6-10-21)16-22-15-19-11-13-25(22)14-12-19;/h3-10,19,22H,11-16H2,1-2H3,(H,26,27);1H. The first-order valence-corrected chi connectivity index (χ1v) is 10.1. The van der Waals surface area contributed by atoms with E-state index in [1.807, 2.05) is 62.4 Å². The van der Waals surface area contributed by atoms with Crippen molar-refractivity contribution in [2.45, 2.75) is 51.0 Å². The van der Waals surface area contributed by atoms with Crippen LogP contribution in [0.3, 0.4) is 0 Å². The zero-order valence-electron chi connectivity index (χ0n) is 16.7. The maximum atomic E-state index is 12.9. The van der Waals surface area contributed by atoms with Crippen LogP contribution in [0.5, 0.6) is 0 Å². The fourth-order valence-corrected chi connectivity index (χ4v) is 5.07. The molecule has 2 aromatic carbocycles. The van der Waals surface area contributed by atoms with Crippen LogP contribution < -0.4 is 0 Å². The molecule has 150 valence electrons. The Labute approximate surface area is 174 Å². The summed E-state index contributed by atoms with van der Waals surface area (Å²) in [4.78, 5) is 15.4. The molecule has 4 heteroatoms. The third-order valence-corrected chi connectivity index (χ3v) is 6.77. The lowest BCUT2D eigenvalue weighted by molar-refractivity contribution is -0.143. The van der Waals surface area contributed by atoms with Crippen LogP contribution in [0.2, 0.25) is 0 Å². The number of hydrogen-bond donors (Lipinski definition) is 1. The molecule has 0 saturated carbocycles. The largest absolute Gasteiger partial charge is 0.480 e. The SMILES string of the molecule is Cc1ccc(C(CC2CC3CCN2CC3)(C(=O)O)c2ccc(C)cc2)cc1.Cl. The molecule has 2 bridgehead atoms. The number of benzene rings is 2. The Morgan fingerprint density at radius 1 is 0.964 bits per heavy atom. The summed E-state index contributed by atoms with van der Waals surface area (Å²) in [6, 6.07) is 16.5. The van der Waals surface area contributed by atoms with E-state index in [-0.39, 0.29) is 12.4 Å². The van der Waals surface area contributed by atoms with Gasteiger partial charge >= 0.3 is 5.97 Å². The number of halogens is 1. The number of hydrogen-bond acceptors (Lipinski definition) is 2. The van der Waals surface area contributed by atoms with Gasteiger partial charge in [-0.1, -0.05) is 59.7 Å². The predicted molar refractivity (Wildman–Crippen MR) is 115 cm³/mol. The minimum Gasteiger partial charge on any atom is -0.480 e. The van der Waals surface area contributed by atoms with Crippen molar-refractivity contribution in [3.63, 3.8) is 0 Å². The average Bonchev–Trinajstić information content (AvgIpc) is 2.68. The second-order valence-corrected chi connectivity index (χ2v) is 8.52. The first-order chi connectivity index (χ1) is 13.0. The van der Waals surface area contributed by atoms with Gasteiger partial charge in [-0.25, -0.2) is 0 Å². The Balaban J connectivity index is 0.00000225. The summed E-state index contributed by atoms with van der Waals surface area (Å²) >= 11 is 0. The van der Waals surface area contributed by atoms with Crippen LogP contribution in [0, 0.1) is 19.8 Å². The summed E-state index contributed by atoms with van der Waals surface area (Å²) in [7, 11) is 0. The number of carboxylic acid groups (broad SMARTS) is 1. The maximum absolute atomic E-state index is 12.9. The molecular weight excluding hydrogens is 370 g/mol. The fraction of sp³-hybridized carbons (Fsp3) is 0.458. The molecule has 1 atom stereocenters. The molecule has 3 heterocycles. The Morgan fingerprint density at radius 3 is 1.79 bits per heavy atom. The zero-order chi connectivity index (χ0) is 19.0. The molecule has 0 spiro atoms. The van der Waals surface area contributed by atoms with Gasteiger partial charge in [-0.15, -0.1) is 12.4 Å². The molecule has 0 radical (unpaired) electrons. The van der Waals surface area contributed by atoms with E-state index in [2.05, 4.69) is 4.90 Å². The lowest BCUT2D eigenvalue weighted by Gasteiger charge is -2.48. The molecule has 3 nitrogen and oxygen atoms in total. The monoisotopic (exact) mass is 399 g/mol. The Kier molecular flexibility index (Phi) is 6.16. The van der Waals surface area contributed by atoms with Crippen molar-refractivity contribution in [3.8, 4) is 0 Å². The van der Waals surface area contributed by atoms with Crippen molar-refractivity contribution >= 4 is 18.4 Å². The molecule has 1 N–H and O–H groups in total. The van der Waals surface area contributed by atoms with E-state index in [0.717, 1.165) is 47.7 Å². The molecule has 28 heavy (non-hydrogen) atoms. The maximum Gasteiger partial charge on any atom is 0.318 e. The normalized spacial score (nSPS) is 23.9. The van der Waals surface area contributed by atoms with Crippen LogP contribution in [-0.2, 0) is 10.2 Å². The van der Waals surface area contributed by atoms with Crippen molar-refractivity contribution in [1.29, 1.82) is 0 Å². The van der Waals surface area contributed by atoms with Crippen molar-refractivity contribution < 1.29 is 9.90 Å². The van der Waals surface area contributed by atoms with Crippen LogP contribution in [0.15, 0.2) is 48.5 Å². The zero-order valence-corrected chi connectivity index (χ0v) is 17.5. The van der Waals surface area contributed by atoms with Crippen LogP contribution in [0.25, 0.3) is 0 Å². The highest BCUT2D eigenvalue weighted by Crippen LogP contribution is 2.43. The second kappa shape index (κ2) is 8.26. The van der Waals surface area contributed by atoms with E-state index in [9.17, 15) is 9.90 Å². The summed E-state index contributed by atoms with van der Waals surface area (Å²) in [5.74, 6) is 0.0281. The van der Waals surface area contributed by atoms with Crippen LogP contribution in [-0.4, -0.2) is 35.1 Å². The minimum absolute atomic E-state index is 0. The van der Waals surface area contributed by atoms with Crippen molar-refractivity contribution in [3.05, 3.63) is 70.8 Å². The van der Waals surface area contributed by atoms with Gasteiger partial charge in [0.05, 0.1) is 0 Å². The summed E-state index contributed by atoms with van der Waals surface area (Å²) in [5, 5.41) is 10.6. The third kappa shape index (κ3) is 3.70. The highest BCUT2D eigenvalue weighted by Gasteiger charge is 2.47. The van der Waals surface area contributed by atoms with Gasteiger partial charge in [0, 0.05) is 6.04 Å². The van der Waals surface area contributed by atoms with Crippen LogP contribution in [0.1, 0.15) is 47.9 Å².